The first-order valence-corrected chi connectivity index (χ1v) is 19.4. The molecule has 0 aromatic carbocycles. The monoisotopic (exact) mass is 924 g/mol. The van der Waals surface area contributed by atoms with Crippen molar-refractivity contribution in [2.75, 3.05) is 26.4 Å². The topological polar surface area (TPSA) is 481 Å². The quantitative estimate of drug-likeness (QED) is 0.0607. The minimum Gasteiger partial charge on any atom is -0.477 e. The molecule has 0 aliphatic carbocycles. The van der Waals surface area contributed by atoms with Crippen molar-refractivity contribution in [3.8, 4) is 0 Å². The number of carboxylic acids is 2. The van der Waals surface area contributed by atoms with Crippen LogP contribution in [0.4, 0.5) is 0 Å². The zero-order valence-electron chi connectivity index (χ0n) is 33.4. The van der Waals surface area contributed by atoms with E-state index < -0.39 is 197 Å². The molecule has 4 heterocycles. The van der Waals surface area contributed by atoms with Crippen LogP contribution in [0, 0.1) is 0 Å². The highest BCUT2D eigenvalue weighted by Gasteiger charge is 2.62. The van der Waals surface area contributed by atoms with E-state index in [1.165, 1.54) is 0 Å². The summed E-state index contributed by atoms with van der Waals surface area (Å²) in [4.78, 5) is 50.3. The summed E-state index contributed by atoms with van der Waals surface area (Å²) < 4.78 is 38.4. The molecular formula is C34H56N2O27. The molecule has 0 saturated carbocycles. The number of hydrogen-bond donors (Lipinski definition) is 18. The lowest BCUT2D eigenvalue weighted by atomic mass is 9.87. The van der Waals surface area contributed by atoms with Gasteiger partial charge in [-0.05, 0) is 0 Å². The van der Waals surface area contributed by atoms with Crippen molar-refractivity contribution in [3.05, 3.63) is 0 Å². The number of ether oxygens (including phenoxy) is 7. The number of rotatable bonds is 18. The fourth-order valence-electron chi connectivity index (χ4n) is 7.76. The molecule has 4 saturated heterocycles. The van der Waals surface area contributed by atoms with E-state index in [1.807, 2.05) is 0 Å². The molecule has 2 amide bonds. The Morgan fingerprint density at radius 2 is 1.16 bits per heavy atom. The van der Waals surface area contributed by atoms with E-state index in [0.29, 0.717) is 0 Å². The molecule has 0 aromatic rings. The van der Waals surface area contributed by atoms with E-state index in [4.69, 9.17) is 33.2 Å². The first kappa shape index (κ1) is 52.7. The number of aliphatic carboxylic acids is 2. The van der Waals surface area contributed by atoms with Gasteiger partial charge < -0.3 is 125 Å². The Hall–Kier alpha value is -2.96. The van der Waals surface area contributed by atoms with Crippen molar-refractivity contribution in [1.82, 2.24) is 10.6 Å². The number of nitrogens with one attached hydrogen (secondary N) is 2. The second kappa shape index (κ2) is 21.6. The van der Waals surface area contributed by atoms with Crippen LogP contribution in [0.15, 0.2) is 0 Å². The zero-order chi connectivity index (χ0) is 47.5. The van der Waals surface area contributed by atoms with Crippen LogP contribution in [0.1, 0.15) is 26.7 Å². The number of carboxylic acid groups (broad SMARTS) is 2. The largest absolute Gasteiger partial charge is 0.477 e. The molecule has 364 valence electrons. The smallest absolute Gasteiger partial charge is 0.364 e. The molecule has 63 heavy (non-hydrogen) atoms. The van der Waals surface area contributed by atoms with Gasteiger partial charge in [-0.2, -0.15) is 0 Å². The minimum atomic E-state index is -3.33. The number of hydrogen-bond acceptors (Lipinski definition) is 25. The van der Waals surface area contributed by atoms with Crippen molar-refractivity contribution < 1.29 is 134 Å². The summed E-state index contributed by atoms with van der Waals surface area (Å²) in [5.41, 5.74) is 0. The fraction of sp³-hybridized carbons (Fsp3) is 0.882. The average Bonchev–Trinajstić information content (AvgIpc) is 3.22. The normalized spacial score (nSPS) is 42.9. The van der Waals surface area contributed by atoms with Crippen molar-refractivity contribution >= 4 is 23.8 Å². The molecule has 22 atom stereocenters. The van der Waals surface area contributed by atoms with Crippen LogP contribution in [-0.4, -0.2) is 266 Å². The van der Waals surface area contributed by atoms with Gasteiger partial charge in [-0.3, -0.25) is 9.59 Å². The Bertz CT molecular complexity index is 1560. The van der Waals surface area contributed by atoms with Gasteiger partial charge >= 0.3 is 11.9 Å². The molecule has 4 aliphatic heterocycles. The second-order valence-corrected chi connectivity index (χ2v) is 15.5. The molecule has 18 N–H and O–H groups in total. The SMILES string of the molecule is CC(=O)N[C@H]1[C@H]([C@H](O)[C@H](O)CO)O[C@](O[C@H](CO)[C@@H](O)[C@@H]2O[C@@](O[C@H]3[C@@H](O)[C@@H](CO)O[C@@H](O[C@H]4[C@H](O)[C@@H](O)[C@H](O)O[C@@H]4CO)[C@@H]3O)(C(=O)O)C[C@H](O)[C@H]2NC(C)=O)(C(=O)O)C[C@@H]1O. The van der Waals surface area contributed by atoms with Crippen LogP contribution in [0.5, 0.6) is 0 Å². The van der Waals surface area contributed by atoms with E-state index in [1.54, 1.807) is 0 Å². The zero-order valence-corrected chi connectivity index (χ0v) is 33.4. The Morgan fingerprint density at radius 1 is 0.651 bits per heavy atom. The Balaban J connectivity index is 1.72. The highest BCUT2D eigenvalue weighted by molar-refractivity contribution is 5.77. The Morgan fingerprint density at radius 3 is 1.63 bits per heavy atom. The molecule has 4 fully saturated rings. The summed E-state index contributed by atoms with van der Waals surface area (Å²) in [5.74, 6) is -12.6. The van der Waals surface area contributed by atoms with Crippen LogP contribution in [-0.2, 0) is 52.3 Å². The Labute approximate surface area is 355 Å². The van der Waals surface area contributed by atoms with Crippen molar-refractivity contribution in [2.45, 2.75) is 161 Å². The van der Waals surface area contributed by atoms with E-state index in [-0.39, 0.29) is 0 Å². The second-order valence-electron chi connectivity index (χ2n) is 15.5. The molecule has 0 spiro atoms. The first-order chi connectivity index (χ1) is 29.4. The molecular weight excluding hydrogens is 868 g/mol. The van der Waals surface area contributed by atoms with E-state index >= 15 is 0 Å². The number of carbonyl (C=O) groups is 4. The summed E-state index contributed by atoms with van der Waals surface area (Å²) in [6.45, 7) is -2.75. The molecule has 4 aliphatic rings. The number of carbonyl (C=O) groups excluding carboxylic acids is 2. The van der Waals surface area contributed by atoms with Gasteiger partial charge in [0, 0.05) is 26.7 Å². The lowest BCUT2D eigenvalue weighted by Crippen LogP contribution is -2.72. The third-order valence-corrected chi connectivity index (χ3v) is 11.0. The van der Waals surface area contributed by atoms with Crippen LogP contribution in [0.3, 0.4) is 0 Å². The molecule has 29 heteroatoms. The molecule has 4 rings (SSSR count). The van der Waals surface area contributed by atoms with E-state index in [0.717, 1.165) is 13.8 Å². The highest BCUT2D eigenvalue weighted by atomic mass is 16.8. The van der Waals surface area contributed by atoms with Crippen LogP contribution in [0.25, 0.3) is 0 Å². The van der Waals surface area contributed by atoms with Gasteiger partial charge in [-0.15, -0.1) is 0 Å². The molecule has 0 unspecified atom stereocenters. The number of aliphatic hydroxyl groups excluding tert-OH is 14. The van der Waals surface area contributed by atoms with E-state index in [9.17, 15) is 101 Å². The predicted octanol–water partition coefficient (Wildman–Crippen LogP) is -11.0. The van der Waals surface area contributed by atoms with Crippen LogP contribution in [0.2, 0.25) is 0 Å². The number of amides is 2. The molecule has 0 bridgehead atoms. The summed E-state index contributed by atoms with van der Waals surface area (Å²) in [6.07, 6.45) is -40.7. The maximum absolute atomic E-state index is 13.1. The summed E-state index contributed by atoms with van der Waals surface area (Å²) in [6, 6.07) is -3.57. The van der Waals surface area contributed by atoms with Crippen LogP contribution >= 0.6 is 0 Å². The third-order valence-electron chi connectivity index (χ3n) is 11.0. The fourth-order valence-corrected chi connectivity index (χ4v) is 7.76. The molecule has 0 radical (unpaired) electrons. The van der Waals surface area contributed by atoms with Crippen LogP contribution < -0.4 is 10.6 Å². The van der Waals surface area contributed by atoms with Gasteiger partial charge in [-0.1, -0.05) is 0 Å². The predicted molar refractivity (Wildman–Crippen MR) is 191 cm³/mol. The van der Waals surface area contributed by atoms with Gasteiger partial charge in [-0.25, -0.2) is 9.59 Å². The molecule has 29 nitrogen and oxygen atoms in total. The van der Waals surface area contributed by atoms with Crippen molar-refractivity contribution in [1.29, 1.82) is 0 Å². The average molecular weight is 925 g/mol. The highest BCUT2D eigenvalue weighted by Crippen LogP contribution is 2.40. The summed E-state index contributed by atoms with van der Waals surface area (Å²) in [7, 11) is 0. The third kappa shape index (κ3) is 11.2. The molecule has 0 aromatic heterocycles. The van der Waals surface area contributed by atoms with Gasteiger partial charge in [0.2, 0.25) is 11.8 Å². The maximum atomic E-state index is 13.1. The van der Waals surface area contributed by atoms with E-state index in [2.05, 4.69) is 10.6 Å². The van der Waals surface area contributed by atoms with Crippen molar-refractivity contribution in [3.63, 3.8) is 0 Å². The van der Waals surface area contributed by atoms with Gasteiger partial charge in [0.1, 0.15) is 85.5 Å². The minimum absolute atomic E-state index is 0.837. The maximum Gasteiger partial charge on any atom is 0.364 e. The lowest BCUT2D eigenvalue weighted by molar-refractivity contribution is -0.387. The summed E-state index contributed by atoms with van der Waals surface area (Å²) in [5, 5.41) is 173. The lowest BCUT2D eigenvalue weighted by Gasteiger charge is -2.51. The Kier molecular flexibility index (Phi) is 18.0. The van der Waals surface area contributed by atoms with Gasteiger partial charge in [0.15, 0.2) is 12.6 Å². The van der Waals surface area contributed by atoms with Crippen molar-refractivity contribution in [2.24, 2.45) is 0 Å². The first-order valence-electron chi connectivity index (χ1n) is 19.4. The number of aliphatic hydroxyl groups is 14. The van der Waals surface area contributed by atoms with Gasteiger partial charge in [0.25, 0.3) is 11.6 Å². The standard InChI is InChI=1S/C34H56N2O27/c1-9(41)35-17-11(43)3-33(31(53)54,61-26(17)19(46)13(45)5-37)60-15(7-39)21(48)27-18(36-10(2)42)12(44)4-34(62-27,32(55)56)63-28-20(47)14(6-38)58-30(24(28)51)59-25-16(8-40)57-29(52)23(50)22(25)49/h11-30,37-40,43-52H,3-8H2,1-2H3,(H,35,41)(H,36,42)(H,53,54)(H,55,56)/t11-,12-,13+,14+,15+,16+,17+,18+,19+,20-,21+,22+,23+,24+,25+,26+,27+,28-,29+,30-,33-,34-/m0/s1. The summed E-state index contributed by atoms with van der Waals surface area (Å²) >= 11 is 0. The van der Waals surface area contributed by atoms with Gasteiger partial charge in [0.05, 0.1) is 50.7 Å².